The third kappa shape index (κ3) is 3.85. The molecule has 9 aromatic rings. The number of rotatable bonds is 3. The van der Waals surface area contributed by atoms with E-state index in [2.05, 4.69) is 92.7 Å². The molecule has 0 radical (unpaired) electrons. The van der Waals surface area contributed by atoms with Gasteiger partial charge in [0.05, 0.1) is 11.0 Å². The highest BCUT2D eigenvalue weighted by Crippen LogP contribution is 2.54. The lowest BCUT2D eigenvalue weighted by Gasteiger charge is -2.22. The smallest absolute Gasteiger partial charge is 0.178 e. The topological polar surface area (TPSA) is 64.7 Å². The average molecular weight is 617 g/mol. The van der Waals surface area contributed by atoms with Crippen LogP contribution in [0.4, 0.5) is 0 Å². The van der Waals surface area contributed by atoms with E-state index in [4.69, 9.17) is 24.4 Å². The van der Waals surface area contributed by atoms with Crippen molar-refractivity contribution in [3.05, 3.63) is 145 Å². The van der Waals surface area contributed by atoms with Crippen molar-refractivity contribution in [1.82, 2.24) is 19.9 Å². The van der Waals surface area contributed by atoms with Crippen LogP contribution < -0.4 is 0 Å². The molecule has 5 nitrogen and oxygen atoms in total. The molecule has 0 unspecified atom stereocenters. The Morgan fingerprint density at radius 2 is 1.29 bits per heavy atom. The summed E-state index contributed by atoms with van der Waals surface area (Å²) in [6.45, 7) is 4.59. The van der Waals surface area contributed by atoms with Gasteiger partial charge in [-0.25, -0.2) is 15.0 Å². The van der Waals surface area contributed by atoms with Crippen molar-refractivity contribution in [2.24, 2.45) is 0 Å². The van der Waals surface area contributed by atoms with Crippen LogP contribution in [0.25, 0.3) is 88.6 Å². The van der Waals surface area contributed by atoms with Crippen LogP contribution >= 0.6 is 0 Å². The number of aromatic nitrogens is 4. The van der Waals surface area contributed by atoms with Gasteiger partial charge in [-0.3, -0.25) is 4.98 Å². The molecular formula is C43H28N4O. The van der Waals surface area contributed by atoms with E-state index in [-0.39, 0.29) is 5.41 Å². The number of pyridine rings is 2. The Bertz CT molecular complexity index is 2740. The molecule has 0 atom stereocenters. The van der Waals surface area contributed by atoms with Gasteiger partial charge in [0.15, 0.2) is 5.82 Å². The van der Waals surface area contributed by atoms with Gasteiger partial charge in [0.25, 0.3) is 0 Å². The Morgan fingerprint density at radius 1 is 0.562 bits per heavy atom. The van der Waals surface area contributed by atoms with Crippen LogP contribution in [0.3, 0.4) is 0 Å². The third-order valence-electron chi connectivity index (χ3n) is 10.0. The fourth-order valence-electron chi connectivity index (χ4n) is 7.57. The molecule has 226 valence electrons. The van der Waals surface area contributed by atoms with Crippen LogP contribution in [0.5, 0.6) is 0 Å². The quantitative estimate of drug-likeness (QED) is 0.185. The minimum atomic E-state index is -0.178. The van der Waals surface area contributed by atoms with Crippen molar-refractivity contribution in [2.45, 2.75) is 19.3 Å². The first kappa shape index (κ1) is 27.0. The van der Waals surface area contributed by atoms with Crippen molar-refractivity contribution in [3.63, 3.8) is 0 Å². The van der Waals surface area contributed by atoms with Gasteiger partial charge in [0.1, 0.15) is 16.9 Å². The van der Waals surface area contributed by atoms with E-state index >= 15 is 0 Å². The largest absolute Gasteiger partial charge is 0.455 e. The number of fused-ring (bicyclic) bond motifs is 10. The summed E-state index contributed by atoms with van der Waals surface area (Å²) < 4.78 is 6.65. The van der Waals surface area contributed by atoms with E-state index in [1.165, 1.54) is 22.3 Å². The highest BCUT2D eigenvalue weighted by atomic mass is 16.3. The Hall–Kier alpha value is -6.20. The van der Waals surface area contributed by atoms with Gasteiger partial charge in [-0.05, 0) is 52.1 Å². The van der Waals surface area contributed by atoms with E-state index in [0.717, 1.165) is 66.0 Å². The van der Waals surface area contributed by atoms with Crippen molar-refractivity contribution in [1.29, 1.82) is 0 Å². The van der Waals surface area contributed by atoms with Crippen molar-refractivity contribution in [3.8, 4) is 44.9 Å². The van der Waals surface area contributed by atoms with Gasteiger partial charge >= 0.3 is 0 Å². The van der Waals surface area contributed by atoms with Crippen molar-refractivity contribution >= 4 is 43.7 Å². The lowest BCUT2D eigenvalue weighted by molar-refractivity contribution is 0.653. The number of nitrogens with zero attached hydrogens (tertiary/aromatic N) is 4. The second kappa shape index (κ2) is 9.90. The number of hydrogen-bond acceptors (Lipinski definition) is 5. The normalized spacial score (nSPS) is 13.4. The number of hydrogen-bond donors (Lipinski definition) is 0. The highest BCUT2D eigenvalue weighted by molar-refractivity contribution is 6.18. The maximum atomic E-state index is 6.65. The predicted molar refractivity (Wildman–Crippen MR) is 194 cm³/mol. The van der Waals surface area contributed by atoms with Gasteiger partial charge < -0.3 is 4.42 Å². The summed E-state index contributed by atoms with van der Waals surface area (Å²) in [6.07, 6.45) is 5.76. The van der Waals surface area contributed by atoms with Gasteiger partial charge in [0.2, 0.25) is 0 Å². The molecule has 0 saturated heterocycles. The molecule has 1 aliphatic carbocycles. The van der Waals surface area contributed by atoms with Crippen LogP contribution in [0.2, 0.25) is 0 Å². The second-order valence-electron chi connectivity index (χ2n) is 13.1. The molecule has 10 rings (SSSR count). The van der Waals surface area contributed by atoms with Crippen LogP contribution in [0, 0.1) is 0 Å². The molecule has 5 aromatic carbocycles. The minimum absolute atomic E-state index is 0.178. The lowest BCUT2D eigenvalue weighted by atomic mass is 9.81. The summed E-state index contributed by atoms with van der Waals surface area (Å²) in [7, 11) is 0. The Morgan fingerprint density at radius 3 is 2.17 bits per heavy atom. The molecule has 0 amide bonds. The molecule has 0 saturated carbocycles. The highest BCUT2D eigenvalue weighted by Gasteiger charge is 2.38. The van der Waals surface area contributed by atoms with Crippen LogP contribution in [-0.4, -0.2) is 19.9 Å². The van der Waals surface area contributed by atoms with E-state index in [1.54, 1.807) is 0 Å². The van der Waals surface area contributed by atoms with Gasteiger partial charge in [-0.2, -0.15) is 0 Å². The summed E-state index contributed by atoms with van der Waals surface area (Å²) in [6, 6.07) is 40.0. The van der Waals surface area contributed by atoms with E-state index in [1.807, 2.05) is 55.0 Å². The van der Waals surface area contributed by atoms with E-state index in [0.29, 0.717) is 11.5 Å². The van der Waals surface area contributed by atoms with Crippen molar-refractivity contribution < 1.29 is 4.42 Å². The molecule has 5 heteroatoms. The molecule has 0 aliphatic heterocycles. The summed E-state index contributed by atoms with van der Waals surface area (Å²) >= 11 is 0. The second-order valence-corrected chi connectivity index (χ2v) is 13.1. The molecule has 4 aromatic heterocycles. The number of para-hydroxylation sites is 1. The molecule has 0 spiro atoms. The van der Waals surface area contributed by atoms with E-state index < -0.39 is 0 Å². The zero-order chi connectivity index (χ0) is 32.0. The molecule has 0 bridgehead atoms. The Balaban J connectivity index is 1.11. The third-order valence-corrected chi connectivity index (χ3v) is 10.0. The summed E-state index contributed by atoms with van der Waals surface area (Å²) in [5.41, 5.74) is 13.2. The average Bonchev–Trinajstić information content (AvgIpc) is 3.64. The fourth-order valence-corrected chi connectivity index (χ4v) is 7.57. The van der Waals surface area contributed by atoms with Crippen LogP contribution in [-0.2, 0) is 5.41 Å². The Labute approximate surface area is 276 Å². The standard InChI is InChI=1S/C43H28N4O/c1-43(2)33-14-8-6-12-30(33)38-34(43)21-32(37-31-13-7-9-15-36(31)48-41(37)38)29-23-45-42(46-24-29)35-19-18-26-16-17-27-20-28(25-10-4-3-5-11-25)22-44-39(27)40(26)47-35/h3-24H,1-2H3. The predicted octanol–water partition coefficient (Wildman–Crippen LogP) is 10.8. The monoisotopic (exact) mass is 616 g/mol. The fraction of sp³-hybridized carbons (Fsp3) is 0.0698. The molecular weight excluding hydrogens is 589 g/mol. The molecule has 1 aliphatic rings. The lowest BCUT2D eigenvalue weighted by Crippen LogP contribution is -2.15. The van der Waals surface area contributed by atoms with Gasteiger partial charge in [-0.1, -0.05) is 105 Å². The maximum Gasteiger partial charge on any atom is 0.178 e. The zero-order valence-electron chi connectivity index (χ0n) is 26.4. The maximum absolute atomic E-state index is 6.65. The summed E-state index contributed by atoms with van der Waals surface area (Å²) in [4.78, 5) is 19.7. The first-order valence-corrected chi connectivity index (χ1v) is 16.2. The zero-order valence-corrected chi connectivity index (χ0v) is 26.4. The Kier molecular flexibility index (Phi) is 5.56. The molecule has 0 fully saturated rings. The SMILES string of the molecule is CC1(C)c2ccccc2-c2c1cc(-c1cnc(-c3ccc4ccc5cc(-c6ccccc6)cnc5c4n3)nc1)c1c2oc2ccccc21. The minimum Gasteiger partial charge on any atom is -0.455 e. The van der Waals surface area contributed by atoms with Gasteiger partial charge in [0, 0.05) is 62.2 Å². The number of furan rings is 1. The van der Waals surface area contributed by atoms with Crippen molar-refractivity contribution in [2.75, 3.05) is 0 Å². The first-order chi connectivity index (χ1) is 23.5. The number of benzene rings is 5. The van der Waals surface area contributed by atoms with Crippen LogP contribution in [0.1, 0.15) is 25.0 Å². The summed E-state index contributed by atoms with van der Waals surface area (Å²) in [5.74, 6) is 0.570. The van der Waals surface area contributed by atoms with E-state index in [9.17, 15) is 0 Å². The van der Waals surface area contributed by atoms with Crippen LogP contribution in [0.15, 0.2) is 138 Å². The van der Waals surface area contributed by atoms with Gasteiger partial charge in [-0.15, -0.1) is 0 Å². The molecule has 4 heterocycles. The first-order valence-electron chi connectivity index (χ1n) is 16.2. The summed E-state index contributed by atoms with van der Waals surface area (Å²) in [5, 5.41) is 4.24. The molecule has 48 heavy (non-hydrogen) atoms. The molecule has 0 N–H and O–H groups in total.